The summed E-state index contributed by atoms with van der Waals surface area (Å²) in [6.45, 7) is 6.42. The summed E-state index contributed by atoms with van der Waals surface area (Å²) < 4.78 is 0. The standard InChI is InChI=1S/C15H28N2O3/c1-4-6-13(15(19)20)16-9-14(18)17-12-8-5-7-10(2)11(12)3/h10-13,16H,4-9H2,1-3H3,(H,17,18)(H,19,20). The lowest BCUT2D eigenvalue weighted by Crippen LogP contribution is -2.49. The van der Waals surface area contributed by atoms with E-state index in [-0.39, 0.29) is 18.5 Å². The van der Waals surface area contributed by atoms with Crippen molar-refractivity contribution in [3.05, 3.63) is 0 Å². The number of amides is 1. The molecule has 5 heteroatoms. The van der Waals surface area contributed by atoms with E-state index >= 15 is 0 Å². The second-order valence-electron chi connectivity index (χ2n) is 6.00. The molecule has 0 aromatic heterocycles. The zero-order chi connectivity index (χ0) is 15.1. The lowest BCUT2D eigenvalue weighted by Gasteiger charge is -2.34. The molecule has 0 bridgehead atoms. The average Bonchev–Trinajstić information content (AvgIpc) is 2.39. The van der Waals surface area contributed by atoms with E-state index < -0.39 is 12.0 Å². The van der Waals surface area contributed by atoms with Gasteiger partial charge in [-0.05, 0) is 24.7 Å². The van der Waals surface area contributed by atoms with Gasteiger partial charge in [-0.3, -0.25) is 14.9 Å². The van der Waals surface area contributed by atoms with Crippen LogP contribution in [0.5, 0.6) is 0 Å². The molecule has 1 saturated carbocycles. The molecule has 0 saturated heterocycles. The van der Waals surface area contributed by atoms with Gasteiger partial charge in [0.1, 0.15) is 6.04 Å². The van der Waals surface area contributed by atoms with Crippen molar-refractivity contribution in [2.24, 2.45) is 11.8 Å². The SMILES string of the molecule is CCCC(NCC(=O)NC1CCCC(C)C1C)C(=O)O. The van der Waals surface area contributed by atoms with Gasteiger partial charge in [0.05, 0.1) is 6.54 Å². The number of nitrogens with one attached hydrogen (secondary N) is 2. The molecule has 0 aromatic rings. The minimum Gasteiger partial charge on any atom is -0.480 e. The Balaban J connectivity index is 2.37. The van der Waals surface area contributed by atoms with Gasteiger partial charge in [-0.25, -0.2) is 0 Å². The third-order valence-electron chi connectivity index (χ3n) is 4.44. The minimum absolute atomic E-state index is 0.0779. The largest absolute Gasteiger partial charge is 0.480 e. The topological polar surface area (TPSA) is 78.4 Å². The number of carboxylic acids is 1. The zero-order valence-electron chi connectivity index (χ0n) is 12.8. The lowest BCUT2D eigenvalue weighted by molar-refractivity contribution is -0.139. The molecule has 1 amide bonds. The molecule has 4 unspecified atom stereocenters. The van der Waals surface area contributed by atoms with Gasteiger partial charge in [0.25, 0.3) is 0 Å². The van der Waals surface area contributed by atoms with Gasteiger partial charge in [-0.1, -0.05) is 40.0 Å². The smallest absolute Gasteiger partial charge is 0.320 e. The Bertz CT molecular complexity index is 333. The molecule has 3 N–H and O–H groups in total. The second-order valence-corrected chi connectivity index (χ2v) is 6.00. The van der Waals surface area contributed by atoms with E-state index in [9.17, 15) is 9.59 Å². The van der Waals surface area contributed by atoms with Gasteiger partial charge in [-0.2, -0.15) is 0 Å². The van der Waals surface area contributed by atoms with Crippen LogP contribution in [0.2, 0.25) is 0 Å². The van der Waals surface area contributed by atoms with Crippen molar-refractivity contribution in [1.29, 1.82) is 0 Å². The van der Waals surface area contributed by atoms with Crippen LogP contribution in [0, 0.1) is 11.8 Å². The van der Waals surface area contributed by atoms with Crippen LogP contribution in [-0.4, -0.2) is 35.6 Å². The van der Waals surface area contributed by atoms with Crippen molar-refractivity contribution >= 4 is 11.9 Å². The Morgan fingerprint density at radius 2 is 2.00 bits per heavy atom. The second kappa shape index (κ2) is 8.25. The van der Waals surface area contributed by atoms with Crippen LogP contribution >= 0.6 is 0 Å². The fourth-order valence-corrected chi connectivity index (χ4v) is 2.86. The predicted octanol–water partition coefficient (Wildman–Crippen LogP) is 1.77. The van der Waals surface area contributed by atoms with Crippen LogP contribution in [0.1, 0.15) is 52.9 Å². The van der Waals surface area contributed by atoms with E-state index in [0.29, 0.717) is 18.3 Å². The van der Waals surface area contributed by atoms with Crippen molar-refractivity contribution in [1.82, 2.24) is 10.6 Å². The maximum Gasteiger partial charge on any atom is 0.320 e. The van der Waals surface area contributed by atoms with Crippen molar-refractivity contribution in [2.75, 3.05) is 6.54 Å². The normalized spacial score (nSPS) is 27.9. The van der Waals surface area contributed by atoms with E-state index in [1.807, 2.05) is 6.92 Å². The predicted molar refractivity (Wildman–Crippen MR) is 78.4 cm³/mol. The third-order valence-corrected chi connectivity index (χ3v) is 4.44. The van der Waals surface area contributed by atoms with Gasteiger partial charge >= 0.3 is 5.97 Å². The molecule has 1 rings (SSSR count). The maximum atomic E-state index is 11.9. The van der Waals surface area contributed by atoms with Gasteiger partial charge in [0.2, 0.25) is 5.91 Å². The molecular weight excluding hydrogens is 256 g/mol. The summed E-state index contributed by atoms with van der Waals surface area (Å²) in [5.41, 5.74) is 0. The van der Waals surface area contributed by atoms with E-state index in [4.69, 9.17) is 5.11 Å². The Kier molecular flexibility index (Phi) is 6.99. The molecule has 4 atom stereocenters. The summed E-state index contributed by atoms with van der Waals surface area (Å²) in [4.78, 5) is 22.9. The average molecular weight is 284 g/mol. The van der Waals surface area contributed by atoms with Gasteiger partial charge in [-0.15, -0.1) is 0 Å². The first-order valence-corrected chi connectivity index (χ1v) is 7.71. The Hall–Kier alpha value is -1.10. The molecule has 5 nitrogen and oxygen atoms in total. The van der Waals surface area contributed by atoms with Crippen molar-refractivity contribution in [3.8, 4) is 0 Å². The quantitative estimate of drug-likeness (QED) is 0.666. The number of hydrogen-bond donors (Lipinski definition) is 3. The van der Waals surface area contributed by atoms with Crippen LogP contribution in [0.15, 0.2) is 0 Å². The number of carboxylic acid groups (broad SMARTS) is 1. The Labute approximate surface area is 121 Å². The molecular formula is C15H28N2O3. The number of carbonyl (C=O) groups is 2. The summed E-state index contributed by atoms with van der Waals surface area (Å²) in [7, 11) is 0. The van der Waals surface area contributed by atoms with E-state index in [1.165, 1.54) is 6.42 Å². The summed E-state index contributed by atoms with van der Waals surface area (Å²) in [6, 6.07) is -0.407. The van der Waals surface area contributed by atoms with Crippen LogP contribution in [-0.2, 0) is 9.59 Å². The van der Waals surface area contributed by atoms with Gasteiger partial charge in [0.15, 0.2) is 0 Å². The van der Waals surface area contributed by atoms with E-state index in [0.717, 1.165) is 19.3 Å². The number of carbonyl (C=O) groups excluding carboxylic acids is 1. The Morgan fingerprint density at radius 1 is 1.30 bits per heavy atom. The molecule has 0 spiro atoms. The molecule has 20 heavy (non-hydrogen) atoms. The van der Waals surface area contributed by atoms with Crippen LogP contribution < -0.4 is 10.6 Å². The van der Waals surface area contributed by atoms with E-state index in [1.54, 1.807) is 0 Å². The minimum atomic E-state index is -0.890. The highest BCUT2D eigenvalue weighted by Gasteiger charge is 2.28. The lowest BCUT2D eigenvalue weighted by atomic mass is 9.78. The van der Waals surface area contributed by atoms with Crippen LogP contribution in [0.3, 0.4) is 0 Å². The van der Waals surface area contributed by atoms with Crippen molar-refractivity contribution in [2.45, 2.75) is 65.0 Å². The Morgan fingerprint density at radius 3 is 2.60 bits per heavy atom. The number of aliphatic carboxylic acids is 1. The summed E-state index contributed by atoms with van der Waals surface area (Å²) >= 11 is 0. The van der Waals surface area contributed by atoms with Crippen molar-refractivity contribution < 1.29 is 14.7 Å². The highest BCUT2D eigenvalue weighted by molar-refractivity contribution is 5.80. The molecule has 1 aliphatic rings. The number of hydrogen-bond acceptors (Lipinski definition) is 3. The summed E-state index contributed by atoms with van der Waals surface area (Å²) in [5.74, 6) is 0.130. The third kappa shape index (κ3) is 5.12. The fraction of sp³-hybridized carbons (Fsp3) is 0.867. The van der Waals surface area contributed by atoms with Crippen molar-refractivity contribution in [3.63, 3.8) is 0 Å². The molecule has 0 radical (unpaired) electrons. The van der Waals surface area contributed by atoms with Crippen LogP contribution in [0.4, 0.5) is 0 Å². The first-order chi connectivity index (χ1) is 9.45. The molecule has 0 heterocycles. The first kappa shape index (κ1) is 17.0. The molecule has 0 aliphatic heterocycles. The maximum absolute atomic E-state index is 11.9. The molecule has 0 aromatic carbocycles. The van der Waals surface area contributed by atoms with Gasteiger partial charge in [0, 0.05) is 6.04 Å². The first-order valence-electron chi connectivity index (χ1n) is 7.71. The molecule has 116 valence electrons. The fourth-order valence-electron chi connectivity index (χ4n) is 2.86. The molecule has 1 aliphatic carbocycles. The summed E-state index contributed by atoms with van der Waals surface area (Å²) in [5, 5.41) is 14.9. The highest BCUT2D eigenvalue weighted by atomic mass is 16.4. The zero-order valence-corrected chi connectivity index (χ0v) is 12.8. The number of rotatable bonds is 7. The van der Waals surface area contributed by atoms with Crippen LogP contribution in [0.25, 0.3) is 0 Å². The van der Waals surface area contributed by atoms with E-state index in [2.05, 4.69) is 24.5 Å². The highest BCUT2D eigenvalue weighted by Crippen LogP contribution is 2.29. The summed E-state index contributed by atoms with van der Waals surface area (Å²) in [6.07, 6.45) is 4.72. The monoisotopic (exact) mass is 284 g/mol. The van der Waals surface area contributed by atoms with Gasteiger partial charge < -0.3 is 10.4 Å². The molecule has 1 fully saturated rings.